The number of hydrogen-bond acceptors (Lipinski definition) is 4. The lowest BCUT2D eigenvalue weighted by Crippen LogP contribution is -2.27. The van der Waals surface area contributed by atoms with Crippen LogP contribution in [-0.2, 0) is 0 Å². The molecule has 5 nitrogen and oxygen atoms in total. The molecule has 1 atom stereocenters. The van der Waals surface area contributed by atoms with Crippen molar-refractivity contribution in [1.29, 1.82) is 0 Å². The van der Waals surface area contributed by atoms with E-state index in [1.165, 1.54) is 0 Å². The van der Waals surface area contributed by atoms with Gasteiger partial charge in [0.25, 0.3) is 5.91 Å². The third-order valence-electron chi connectivity index (χ3n) is 4.14. The van der Waals surface area contributed by atoms with E-state index in [0.717, 1.165) is 16.5 Å². The Kier molecular flexibility index (Phi) is 4.84. The molecule has 3 rings (SSSR count). The van der Waals surface area contributed by atoms with E-state index in [1.54, 1.807) is 26.5 Å². The summed E-state index contributed by atoms with van der Waals surface area (Å²) in [6, 6.07) is 14.5. The summed E-state index contributed by atoms with van der Waals surface area (Å²) in [5.74, 6) is 1.26. The molecule has 1 aromatic heterocycles. The van der Waals surface area contributed by atoms with Gasteiger partial charge < -0.3 is 14.8 Å². The van der Waals surface area contributed by atoms with Gasteiger partial charge in [-0.1, -0.05) is 12.1 Å². The summed E-state index contributed by atoms with van der Waals surface area (Å²) in [7, 11) is 3.22. The number of pyridine rings is 1. The Morgan fingerprint density at radius 2 is 1.92 bits per heavy atom. The molecule has 5 heteroatoms. The lowest BCUT2D eigenvalue weighted by molar-refractivity contribution is 0.0941. The van der Waals surface area contributed by atoms with Gasteiger partial charge in [0, 0.05) is 22.7 Å². The number of aromatic nitrogens is 1. The molecule has 1 unspecified atom stereocenters. The van der Waals surface area contributed by atoms with Crippen LogP contribution in [-0.4, -0.2) is 25.1 Å². The van der Waals surface area contributed by atoms with Crippen molar-refractivity contribution in [3.63, 3.8) is 0 Å². The van der Waals surface area contributed by atoms with Gasteiger partial charge in [-0.05, 0) is 43.3 Å². The number of ether oxygens (including phenoxy) is 2. The summed E-state index contributed by atoms with van der Waals surface area (Å²) >= 11 is 0. The van der Waals surface area contributed by atoms with Crippen LogP contribution in [0.15, 0.2) is 54.7 Å². The van der Waals surface area contributed by atoms with Gasteiger partial charge in [-0.2, -0.15) is 0 Å². The van der Waals surface area contributed by atoms with E-state index in [9.17, 15) is 4.79 Å². The van der Waals surface area contributed by atoms with Crippen molar-refractivity contribution in [2.45, 2.75) is 13.0 Å². The number of nitrogens with zero attached hydrogens (tertiary/aromatic N) is 1. The average Bonchev–Trinajstić information content (AvgIpc) is 2.66. The monoisotopic (exact) mass is 336 g/mol. The van der Waals surface area contributed by atoms with Crippen LogP contribution in [0.4, 0.5) is 0 Å². The zero-order valence-corrected chi connectivity index (χ0v) is 14.4. The van der Waals surface area contributed by atoms with Gasteiger partial charge in [-0.25, -0.2) is 0 Å². The van der Waals surface area contributed by atoms with Crippen LogP contribution in [0.1, 0.15) is 28.9 Å². The van der Waals surface area contributed by atoms with Crippen molar-refractivity contribution >= 4 is 16.8 Å². The molecule has 128 valence electrons. The number of fused-ring (bicyclic) bond motifs is 1. The van der Waals surface area contributed by atoms with E-state index in [-0.39, 0.29) is 11.9 Å². The maximum Gasteiger partial charge on any atom is 0.252 e. The standard InChI is InChI=1S/C20H20N2O3/c1-13(17-12-14(24-2)9-10-19(17)25-3)22-20(23)16-6-4-8-18-15(16)7-5-11-21-18/h4-13H,1-3H3,(H,22,23). The Morgan fingerprint density at radius 3 is 2.68 bits per heavy atom. The fourth-order valence-corrected chi connectivity index (χ4v) is 2.83. The first-order valence-electron chi connectivity index (χ1n) is 8.00. The zero-order valence-electron chi connectivity index (χ0n) is 14.4. The van der Waals surface area contributed by atoms with Crippen LogP contribution in [0.2, 0.25) is 0 Å². The fourth-order valence-electron chi connectivity index (χ4n) is 2.83. The Bertz CT molecular complexity index is 903. The number of amides is 1. The molecule has 0 saturated heterocycles. The van der Waals surface area contributed by atoms with Crippen molar-refractivity contribution in [1.82, 2.24) is 10.3 Å². The van der Waals surface area contributed by atoms with Crippen LogP contribution in [0.5, 0.6) is 11.5 Å². The highest BCUT2D eigenvalue weighted by Gasteiger charge is 2.17. The largest absolute Gasteiger partial charge is 0.497 e. The number of benzene rings is 2. The fraction of sp³-hybridized carbons (Fsp3) is 0.200. The second-order valence-electron chi connectivity index (χ2n) is 5.68. The Balaban J connectivity index is 1.90. The molecule has 0 fully saturated rings. The minimum atomic E-state index is -0.246. The minimum Gasteiger partial charge on any atom is -0.497 e. The summed E-state index contributed by atoms with van der Waals surface area (Å²) in [6.07, 6.45) is 1.72. The molecular formula is C20H20N2O3. The molecule has 1 heterocycles. The predicted molar refractivity (Wildman–Crippen MR) is 97.2 cm³/mol. The lowest BCUT2D eigenvalue weighted by Gasteiger charge is -2.18. The number of carbonyl (C=O) groups excluding carboxylic acids is 1. The van der Waals surface area contributed by atoms with Gasteiger partial charge in [-0.3, -0.25) is 9.78 Å². The second-order valence-corrected chi connectivity index (χ2v) is 5.68. The first-order chi connectivity index (χ1) is 12.1. The average molecular weight is 336 g/mol. The lowest BCUT2D eigenvalue weighted by atomic mass is 10.0. The van der Waals surface area contributed by atoms with Crippen molar-refractivity contribution in [2.75, 3.05) is 14.2 Å². The minimum absolute atomic E-state index is 0.157. The molecule has 0 aliphatic carbocycles. The maximum absolute atomic E-state index is 12.8. The Hall–Kier alpha value is -3.08. The van der Waals surface area contributed by atoms with Crippen molar-refractivity contribution in [3.8, 4) is 11.5 Å². The van der Waals surface area contributed by atoms with E-state index < -0.39 is 0 Å². The molecule has 0 aliphatic rings. The molecule has 1 N–H and O–H groups in total. The number of nitrogens with one attached hydrogen (secondary N) is 1. The second kappa shape index (κ2) is 7.21. The molecule has 0 bridgehead atoms. The van der Waals surface area contributed by atoms with E-state index in [1.807, 2.05) is 49.4 Å². The molecule has 1 amide bonds. The SMILES string of the molecule is COc1ccc(OC)c(C(C)NC(=O)c2cccc3ncccc23)c1. The van der Waals surface area contributed by atoms with Gasteiger partial charge in [0.05, 0.1) is 25.8 Å². The Labute approximate surface area is 146 Å². The normalized spacial score (nSPS) is 11.8. The van der Waals surface area contributed by atoms with E-state index in [4.69, 9.17) is 9.47 Å². The van der Waals surface area contributed by atoms with Crippen molar-refractivity contribution < 1.29 is 14.3 Å². The first-order valence-corrected chi connectivity index (χ1v) is 8.00. The van der Waals surface area contributed by atoms with E-state index in [2.05, 4.69) is 10.3 Å². The van der Waals surface area contributed by atoms with Crippen molar-refractivity contribution in [2.24, 2.45) is 0 Å². The van der Waals surface area contributed by atoms with Crippen LogP contribution >= 0.6 is 0 Å². The number of rotatable bonds is 5. The summed E-state index contributed by atoms with van der Waals surface area (Å²) in [5.41, 5.74) is 2.25. The molecule has 0 spiro atoms. The summed E-state index contributed by atoms with van der Waals surface area (Å²) < 4.78 is 10.7. The van der Waals surface area contributed by atoms with Crippen LogP contribution < -0.4 is 14.8 Å². The van der Waals surface area contributed by atoms with Gasteiger partial charge in [0.15, 0.2) is 0 Å². The first kappa shape index (κ1) is 16.8. The van der Waals surface area contributed by atoms with Gasteiger partial charge in [0.2, 0.25) is 0 Å². The third-order valence-corrected chi connectivity index (χ3v) is 4.14. The smallest absolute Gasteiger partial charge is 0.252 e. The quantitative estimate of drug-likeness (QED) is 0.771. The molecule has 2 aromatic carbocycles. The topological polar surface area (TPSA) is 60.5 Å². The molecule has 0 radical (unpaired) electrons. The van der Waals surface area contributed by atoms with Gasteiger partial charge in [0.1, 0.15) is 11.5 Å². The molecule has 0 aliphatic heterocycles. The van der Waals surface area contributed by atoms with Crippen molar-refractivity contribution in [3.05, 3.63) is 65.9 Å². The molecule has 3 aromatic rings. The van der Waals surface area contributed by atoms with E-state index >= 15 is 0 Å². The summed E-state index contributed by atoms with van der Waals surface area (Å²) in [4.78, 5) is 17.1. The van der Waals surface area contributed by atoms with Crippen LogP contribution in [0, 0.1) is 0 Å². The van der Waals surface area contributed by atoms with Crippen LogP contribution in [0.25, 0.3) is 10.9 Å². The number of carbonyl (C=O) groups is 1. The maximum atomic E-state index is 12.8. The van der Waals surface area contributed by atoms with Gasteiger partial charge in [-0.15, -0.1) is 0 Å². The highest BCUT2D eigenvalue weighted by Crippen LogP contribution is 2.29. The van der Waals surface area contributed by atoms with Gasteiger partial charge >= 0.3 is 0 Å². The summed E-state index contributed by atoms with van der Waals surface area (Å²) in [5, 5.41) is 3.85. The predicted octanol–water partition coefficient (Wildman–Crippen LogP) is 3.74. The molecule has 0 saturated carbocycles. The van der Waals surface area contributed by atoms with Crippen LogP contribution in [0.3, 0.4) is 0 Å². The molecule has 25 heavy (non-hydrogen) atoms. The number of methoxy groups -OCH3 is 2. The zero-order chi connectivity index (χ0) is 17.8. The highest BCUT2D eigenvalue weighted by molar-refractivity contribution is 6.06. The highest BCUT2D eigenvalue weighted by atomic mass is 16.5. The third kappa shape index (κ3) is 3.40. The number of hydrogen-bond donors (Lipinski definition) is 1. The summed E-state index contributed by atoms with van der Waals surface area (Å²) in [6.45, 7) is 1.92. The van der Waals surface area contributed by atoms with E-state index in [0.29, 0.717) is 17.1 Å². The molecular weight excluding hydrogens is 316 g/mol. The Morgan fingerprint density at radius 1 is 1.08 bits per heavy atom.